The van der Waals surface area contributed by atoms with Crippen LogP contribution in [-0.4, -0.2) is 9.97 Å². The van der Waals surface area contributed by atoms with E-state index in [1.165, 1.54) is 6.33 Å². The lowest BCUT2D eigenvalue weighted by Gasteiger charge is -2.11. The highest BCUT2D eigenvalue weighted by molar-refractivity contribution is 6.31. The second-order valence-electron chi connectivity index (χ2n) is 4.31. The number of nitrogens with zero attached hydrogens (tertiary/aromatic N) is 2. The van der Waals surface area contributed by atoms with Gasteiger partial charge in [0.15, 0.2) is 0 Å². The largest absolute Gasteiger partial charge is 0.439 e. The lowest BCUT2D eigenvalue weighted by Crippen LogP contribution is -2.02. The second-order valence-corrected chi connectivity index (χ2v) is 4.71. The monoisotopic (exact) mass is 277 g/mol. The molecule has 0 amide bonds. The molecule has 100 valence electrons. The predicted octanol–water partition coefficient (Wildman–Crippen LogP) is 3.77. The Kier molecular flexibility index (Phi) is 4.22. The fourth-order valence-electron chi connectivity index (χ4n) is 1.77. The number of aromatic nitrogens is 2. The summed E-state index contributed by atoms with van der Waals surface area (Å²) in [5.41, 5.74) is 7.66. The summed E-state index contributed by atoms with van der Waals surface area (Å²) in [7, 11) is 0. The van der Waals surface area contributed by atoms with Crippen molar-refractivity contribution in [2.75, 3.05) is 5.73 Å². The lowest BCUT2D eigenvalue weighted by molar-refractivity contribution is 0.454. The van der Waals surface area contributed by atoms with Crippen molar-refractivity contribution in [1.82, 2.24) is 9.97 Å². The number of hydrogen-bond donors (Lipinski definition) is 1. The van der Waals surface area contributed by atoms with Crippen molar-refractivity contribution in [3.63, 3.8) is 0 Å². The summed E-state index contributed by atoms with van der Waals surface area (Å²) in [5, 5.41) is 0.711. The number of halogens is 1. The van der Waals surface area contributed by atoms with Crippen molar-refractivity contribution >= 4 is 17.4 Å². The van der Waals surface area contributed by atoms with Crippen LogP contribution in [0.3, 0.4) is 0 Å². The Hall–Kier alpha value is -1.81. The van der Waals surface area contributed by atoms with Gasteiger partial charge in [-0.1, -0.05) is 24.9 Å². The molecule has 1 aromatic carbocycles. The van der Waals surface area contributed by atoms with Crippen LogP contribution in [0.1, 0.15) is 24.5 Å². The highest BCUT2D eigenvalue weighted by Gasteiger charge is 2.11. The van der Waals surface area contributed by atoms with E-state index >= 15 is 0 Å². The third kappa shape index (κ3) is 3.15. The van der Waals surface area contributed by atoms with Gasteiger partial charge < -0.3 is 10.5 Å². The van der Waals surface area contributed by atoms with Crippen LogP contribution in [0.25, 0.3) is 0 Å². The minimum Gasteiger partial charge on any atom is -0.439 e. The Morgan fingerprint density at radius 1 is 1.32 bits per heavy atom. The van der Waals surface area contributed by atoms with Gasteiger partial charge >= 0.3 is 0 Å². The van der Waals surface area contributed by atoms with Gasteiger partial charge in [0.2, 0.25) is 5.88 Å². The van der Waals surface area contributed by atoms with Crippen molar-refractivity contribution in [2.24, 2.45) is 0 Å². The van der Waals surface area contributed by atoms with Crippen LogP contribution in [-0.2, 0) is 6.42 Å². The van der Waals surface area contributed by atoms with Crippen LogP contribution >= 0.6 is 11.6 Å². The van der Waals surface area contributed by atoms with E-state index in [0.717, 1.165) is 24.0 Å². The number of nitrogens with two attached hydrogens (primary N) is 1. The minimum atomic E-state index is 0.470. The molecule has 0 bridgehead atoms. The molecule has 0 unspecified atom stereocenters. The van der Waals surface area contributed by atoms with E-state index in [1.807, 2.05) is 19.1 Å². The van der Waals surface area contributed by atoms with E-state index in [1.54, 1.807) is 6.07 Å². The summed E-state index contributed by atoms with van der Waals surface area (Å²) in [5.74, 6) is 1.67. The van der Waals surface area contributed by atoms with Crippen molar-refractivity contribution in [3.8, 4) is 11.6 Å². The van der Waals surface area contributed by atoms with E-state index < -0.39 is 0 Å². The highest BCUT2D eigenvalue weighted by atomic mass is 35.5. The van der Waals surface area contributed by atoms with Crippen molar-refractivity contribution in [3.05, 3.63) is 40.7 Å². The first kappa shape index (κ1) is 13.6. The van der Waals surface area contributed by atoms with Crippen molar-refractivity contribution in [1.29, 1.82) is 0 Å². The SMILES string of the molecule is CCCc1c(N)ncnc1Oc1ccc(Cl)c(C)c1. The molecular weight excluding hydrogens is 262 g/mol. The number of aryl methyl sites for hydroxylation is 1. The lowest BCUT2D eigenvalue weighted by atomic mass is 10.2. The molecule has 0 saturated heterocycles. The van der Waals surface area contributed by atoms with Crippen LogP contribution in [0, 0.1) is 6.92 Å². The maximum Gasteiger partial charge on any atom is 0.227 e. The minimum absolute atomic E-state index is 0.470. The summed E-state index contributed by atoms with van der Waals surface area (Å²) in [4.78, 5) is 8.16. The molecule has 0 radical (unpaired) electrons. The first-order valence-corrected chi connectivity index (χ1v) is 6.53. The average Bonchev–Trinajstić information content (AvgIpc) is 2.38. The number of ether oxygens (including phenoxy) is 1. The van der Waals surface area contributed by atoms with Gasteiger partial charge in [-0.25, -0.2) is 9.97 Å². The van der Waals surface area contributed by atoms with E-state index in [0.29, 0.717) is 22.5 Å². The number of hydrogen-bond acceptors (Lipinski definition) is 4. The van der Waals surface area contributed by atoms with Crippen molar-refractivity contribution in [2.45, 2.75) is 26.7 Å². The molecule has 0 fully saturated rings. The Morgan fingerprint density at radius 3 is 2.79 bits per heavy atom. The summed E-state index contributed by atoms with van der Waals surface area (Å²) >= 11 is 5.99. The summed E-state index contributed by atoms with van der Waals surface area (Å²) in [6.07, 6.45) is 3.15. The zero-order valence-electron chi connectivity index (χ0n) is 11.0. The number of anilines is 1. The molecule has 1 aromatic heterocycles. The highest BCUT2D eigenvalue weighted by Crippen LogP contribution is 2.29. The molecular formula is C14H16ClN3O. The molecule has 0 aliphatic heterocycles. The molecule has 2 aromatic rings. The number of rotatable bonds is 4. The topological polar surface area (TPSA) is 61.0 Å². The summed E-state index contributed by atoms with van der Waals surface area (Å²) in [6.45, 7) is 4.00. The van der Waals surface area contributed by atoms with E-state index in [9.17, 15) is 0 Å². The molecule has 2 N–H and O–H groups in total. The number of nitrogen functional groups attached to an aromatic ring is 1. The normalized spacial score (nSPS) is 10.5. The van der Waals surface area contributed by atoms with E-state index in [4.69, 9.17) is 22.1 Å². The van der Waals surface area contributed by atoms with E-state index in [-0.39, 0.29) is 0 Å². The smallest absolute Gasteiger partial charge is 0.227 e. The summed E-state index contributed by atoms with van der Waals surface area (Å²) in [6, 6.07) is 5.48. The fraction of sp³-hybridized carbons (Fsp3) is 0.286. The molecule has 0 aliphatic rings. The first-order valence-electron chi connectivity index (χ1n) is 6.15. The first-order chi connectivity index (χ1) is 9.11. The van der Waals surface area contributed by atoms with Crippen LogP contribution in [0.15, 0.2) is 24.5 Å². The zero-order chi connectivity index (χ0) is 13.8. The van der Waals surface area contributed by atoms with E-state index in [2.05, 4.69) is 16.9 Å². The van der Waals surface area contributed by atoms with Gasteiger partial charge in [0.25, 0.3) is 0 Å². The van der Waals surface area contributed by atoms with Crippen LogP contribution in [0.5, 0.6) is 11.6 Å². The maximum absolute atomic E-state index is 5.99. The van der Waals surface area contributed by atoms with Gasteiger partial charge in [0.05, 0.1) is 5.56 Å². The Balaban J connectivity index is 2.32. The molecule has 0 atom stereocenters. The Labute approximate surface area is 117 Å². The van der Waals surface area contributed by atoms with Gasteiger partial charge in [0.1, 0.15) is 17.9 Å². The molecule has 5 heteroatoms. The summed E-state index contributed by atoms with van der Waals surface area (Å²) < 4.78 is 5.79. The predicted molar refractivity (Wildman–Crippen MR) is 76.7 cm³/mol. The average molecular weight is 278 g/mol. The number of benzene rings is 1. The molecule has 2 rings (SSSR count). The maximum atomic E-state index is 5.99. The third-order valence-electron chi connectivity index (χ3n) is 2.78. The van der Waals surface area contributed by atoms with Crippen LogP contribution < -0.4 is 10.5 Å². The second kappa shape index (κ2) is 5.89. The zero-order valence-corrected chi connectivity index (χ0v) is 11.7. The molecule has 0 spiro atoms. The molecule has 0 saturated carbocycles. The van der Waals surface area contributed by atoms with Gasteiger partial charge in [-0.3, -0.25) is 0 Å². The Bertz CT molecular complexity index is 587. The third-order valence-corrected chi connectivity index (χ3v) is 3.21. The molecule has 4 nitrogen and oxygen atoms in total. The van der Waals surface area contributed by atoms with Gasteiger partial charge in [-0.05, 0) is 37.1 Å². The van der Waals surface area contributed by atoms with Gasteiger partial charge in [0, 0.05) is 5.02 Å². The standard InChI is InChI=1S/C14H16ClN3O/c1-3-4-11-13(16)17-8-18-14(11)19-10-5-6-12(15)9(2)7-10/h5-8H,3-4H2,1-2H3,(H2,16,17,18). The van der Waals surface area contributed by atoms with Gasteiger partial charge in [-0.15, -0.1) is 0 Å². The van der Waals surface area contributed by atoms with Crippen LogP contribution in [0.2, 0.25) is 5.02 Å². The van der Waals surface area contributed by atoms with Crippen LogP contribution in [0.4, 0.5) is 5.82 Å². The molecule has 1 heterocycles. The fourth-order valence-corrected chi connectivity index (χ4v) is 1.89. The molecule has 0 aliphatic carbocycles. The Morgan fingerprint density at radius 2 is 2.11 bits per heavy atom. The quantitative estimate of drug-likeness (QED) is 0.924. The van der Waals surface area contributed by atoms with Gasteiger partial charge in [-0.2, -0.15) is 0 Å². The van der Waals surface area contributed by atoms with Crippen molar-refractivity contribution < 1.29 is 4.74 Å². The molecule has 19 heavy (non-hydrogen) atoms.